The van der Waals surface area contributed by atoms with Crippen LogP contribution in [0.1, 0.15) is 90.9 Å². The Morgan fingerprint density at radius 3 is 1.50 bits per heavy atom. The second kappa shape index (κ2) is 15.8. The Hall–Kier alpha value is -0.123. The van der Waals surface area contributed by atoms with Crippen molar-refractivity contribution in [1.29, 1.82) is 0 Å². The van der Waals surface area contributed by atoms with E-state index in [1.165, 1.54) is 64.2 Å². The van der Waals surface area contributed by atoms with Crippen LogP contribution in [-0.4, -0.2) is 21.8 Å². The molecule has 0 aromatic heterocycles. The fourth-order valence-electron chi connectivity index (χ4n) is 2.47. The smallest absolute Gasteiger partial charge is 0.361 e. The van der Waals surface area contributed by atoms with E-state index >= 15 is 0 Å². The summed E-state index contributed by atoms with van der Waals surface area (Å²) in [6.07, 6.45) is 15.7. The highest BCUT2D eigenvalue weighted by molar-refractivity contribution is 6.71. The highest BCUT2D eigenvalue weighted by Gasteiger charge is 2.26. The maximum absolute atomic E-state index is 6.02. The maximum atomic E-state index is 6.02. The number of hydrogen-bond acceptors (Lipinski definition) is 2. The zero-order valence-electron chi connectivity index (χ0n) is 15.5. The van der Waals surface area contributed by atoms with Gasteiger partial charge in [-0.25, -0.2) is 0 Å². The van der Waals surface area contributed by atoms with Gasteiger partial charge in [-0.3, -0.25) is 0 Å². The van der Waals surface area contributed by atoms with Gasteiger partial charge in [0, 0.05) is 13.2 Å². The largest absolute Gasteiger partial charge is 0.391 e. The minimum Gasteiger partial charge on any atom is -0.391 e. The molecular formula is C19H40O2Si. The first-order valence-corrected chi connectivity index (χ1v) is 12.0. The van der Waals surface area contributed by atoms with Crippen LogP contribution in [0, 0.1) is 0 Å². The van der Waals surface area contributed by atoms with Crippen molar-refractivity contribution in [2.24, 2.45) is 0 Å². The Morgan fingerprint density at radius 2 is 1.05 bits per heavy atom. The summed E-state index contributed by atoms with van der Waals surface area (Å²) in [4.78, 5) is 0. The molecule has 0 saturated carbocycles. The first-order valence-electron chi connectivity index (χ1n) is 9.60. The van der Waals surface area contributed by atoms with Crippen LogP contribution in [0.15, 0.2) is 12.3 Å². The molecule has 0 N–H and O–H groups in total. The number of unbranched alkanes of at least 4 members (excludes halogenated alkanes) is 10. The van der Waals surface area contributed by atoms with Gasteiger partial charge < -0.3 is 8.85 Å². The Labute approximate surface area is 140 Å². The Morgan fingerprint density at radius 1 is 0.682 bits per heavy atom. The van der Waals surface area contributed by atoms with Gasteiger partial charge in [0.25, 0.3) is 0 Å². The van der Waals surface area contributed by atoms with E-state index in [1.54, 1.807) is 0 Å². The first kappa shape index (κ1) is 21.9. The average molecular weight is 329 g/mol. The van der Waals surface area contributed by atoms with Crippen molar-refractivity contribution in [3.63, 3.8) is 0 Å². The van der Waals surface area contributed by atoms with Crippen LogP contribution in [0.2, 0.25) is 6.55 Å². The summed E-state index contributed by atoms with van der Waals surface area (Å²) in [5.41, 5.74) is 1.92. The van der Waals surface area contributed by atoms with Crippen molar-refractivity contribution in [3.05, 3.63) is 12.3 Å². The lowest BCUT2D eigenvalue weighted by molar-refractivity contribution is 0.178. The molecule has 0 aliphatic rings. The molecule has 0 fully saturated rings. The highest BCUT2D eigenvalue weighted by atomic mass is 28.4. The van der Waals surface area contributed by atoms with Crippen molar-refractivity contribution in [2.75, 3.05) is 13.2 Å². The van der Waals surface area contributed by atoms with E-state index < -0.39 is 8.56 Å². The molecule has 1 unspecified atom stereocenters. The molecule has 2 nitrogen and oxygen atoms in total. The molecule has 0 heterocycles. The monoisotopic (exact) mass is 328 g/mol. The second-order valence-electron chi connectivity index (χ2n) is 6.45. The third-order valence-electron chi connectivity index (χ3n) is 4.14. The molecule has 0 aromatic carbocycles. The Bertz CT molecular complexity index is 246. The SMILES string of the molecule is C=C[Si](C)(OCCCCC)OCCCCCCCCCCC. The van der Waals surface area contributed by atoms with E-state index in [2.05, 4.69) is 27.0 Å². The van der Waals surface area contributed by atoms with Crippen molar-refractivity contribution in [2.45, 2.75) is 97.4 Å². The molecule has 0 spiro atoms. The van der Waals surface area contributed by atoms with E-state index in [1.807, 2.05) is 5.70 Å². The molecule has 0 saturated heterocycles. The molecular weight excluding hydrogens is 288 g/mol. The first-order chi connectivity index (χ1) is 10.7. The van der Waals surface area contributed by atoms with Crippen molar-refractivity contribution < 1.29 is 8.85 Å². The van der Waals surface area contributed by atoms with Crippen LogP contribution in [0.3, 0.4) is 0 Å². The molecule has 0 radical (unpaired) electrons. The van der Waals surface area contributed by atoms with Gasteiger partial charge in [0.05, 0.1) is 0 Å². The van der Waals surface area contributed by atoms with Crippen LogP contribution in [0.25, 0.3) is 0 Å². The minimum atomic E-state index is -2.10. The van der Waals surface area contributed by atoms with Crippen molar-refractivity contribution >= 4 is 8.56 Å². The van der Waals surface area contributed by atoms with Gasteiger partial charge >= 0.3 is 8.56 Å². The highest BCUT2D eigenvalue weighted by Crippen LogP contribution is 2.13. The van der Waals surface area contributed by atoms with Crippen molar-refractivity contribution in [1.82, 2.24) is 0 Å². The molecule has 0 aromatic rings. The predicted molar refractivity (Wildman–Crippen MR) is 100 cm³/mol. The van der Waals surface area contributed by atoms with Crippen LogP contribution >= 0.6 is 0 Å². The zero-order valence-corrected chi connectivity index (χ0v) is 16.5. The normalized spacial score (nSPS) is 14.0. The average Bonchev–Trinajstić information content (AvgIpc) is 2.53. The molecule has 0 rings (SSSR count). The van der Waals surface area contributed by atoms with Gasteiger partial charge in [0.1, 0.15) is 0 Å². The minimum absolute atomic E-state index is 0.820. The summed E-state index contributed by atoms with van der Waals surface area (Å²) in [5.74, 6) is 0. The summed E-state index contributed by atoms with van der Waals surface area (Å²) in [7, 11) is -2.10. The molecule has 0 bridgehead atoms. The summed E-state index contributed by atoms with van der Waals surface area (Å²) in [5, 5.41) is 0. The lowest BCUT2D eigenvalue weighted by atomic mass is 10.1. The number of hydrogen-bond donors (Lipinski definition) is 0. The third kappa shape index (κ3) is 13.5. The van der Waals surface area contributed by atoms with Crippen LogP contribution in [0.4, 0.5) is 0 Å². The zero-order chi connectivity index (χ0) is 16.5. The fourth-order valence-corrected chi connectivity index (χ4v) is 3.89. The number of rotatable bonds is 17. The van der Waals surface area contributed by atoms with Crippen LogP contribution in [0.5, 0.6) is 0 Å². The van der Waals surface area contributed by atoms with Gasteiger partial charge in [-0.15, -0.1) is 6.58 Å². The quantitative estimate of drug-likeness (QED) is 0.223. The Balaban J connectivity index is 3.47. The third-order valence-corrected chi connectivity index (χ3v) is 6.44. The van der Waals surface area contributed by atoms with E-state index in [0.717, 1.165) is 26.1 Å². The second-order valence-corrected chi connectivity index (χ2v) is 9.47. The van der Waals surface area contributed by atoms with Crippen molar-refractivity contribution in [3.8, 4) is 0 Å². The lowest BCUT2D eigenvalue weighted by Crippen LogP contribution is -2.37. The van der Waals surface area contributed by atoms with Gasteiger partial charge in [-0.05, 0) is 25.1 Å². The molecule has 132 valence electrons. The van der Waals surface area contributed by atoms with Crippen LogP contribution in [-0.2, 0) is 8.85 Å². The molecule has 3 heteroatoms. The topological polar surface area (TPSA) is 18.5 Å². The summed E-state index contributed by atoms with van der Waals surface area (Å²) < 4.78 is 12.0. The van der Waals surface area contributed by atoms with E-state index in [9.17, 15) is 0 Å². The summed E-state index contributed by atoms with van der Waals surface area (Å²) in [6, 6.07) is 0. The summed E-state index contributed by atoms with van der Waals surface area (Å²) in [6.45, 7) is 12.2. The van der Waals surface area contributed by atoms with E-state index in [-0.39, 0.29) is 0 Å². The summed E-state index contributed by atoms with van der Waals surface area (Å²) >= 11 is 0. The molecule has 1 atom stereocenters. The molecule has 0 amide bonds. The molecule has 0 aliphatic carbocycles. The van der Waals surface area contributed by atoms with Crippen LogP contribution < -0.4 is 0 Å². The van der Waals surface area contributed by atoms with Gasteiger partial charge in [0.15, 0.2) is 0 Å². The van der Waals surface area contributed by atoms with Gasteiger partial charge in [-0.1, -0.05) is 78.1 Å². The maximum Gasteiger partial charge on any atom is 0.361 e. The van der Waals surface area contributed by atoms with E-state index in [4.69, 9.17) is 8.85 Å². The standard InChI is InChI=1S/C19H40O2Si/c1-5-8-10-11-12-13-14-15-17-19-21-22(4,7-3)20-18-16-9-6-2/h7H,3,5-6,8-19H2,1-2,4H3. The lowest BCUT2D eigenvalue weighted by Gasteiger charge is -2.23. The van der Waals surface area contributed by atoms with Gasteiger partial charge in [0.2, 0.25) is 0 Å². The van der Waals surface area contributed by atoms with E-state index in [0.29, 0.717) is 0 Å². The van der Waals surface area contributed by atoms with Gasteiger partial charge in [-0.2, -0.15) is 0 Å². The molecule has 0 aliphatic heterocycles. The molecule has 22 heavy (non-hydrogen) atoms. The fraction of sp³-hybridized carbons (Fsp3) is 0.895. The Kier molecular flexibility index (Phi) is 15.7. The predicted octanol–water partition coefficient (Wildman–Crippen LogP) is 6.54.